The molecule has 0 unspecified atom stereocenters. The first-order valence-electron chi connectivity index (χ1n) is 14.4. The molecule has 0 saturated carbocycles. The van der Waals surface area contributed by atoms with Crippen molar-refractivity contribution in [1.29, 1.82) is 0 Å². The molecule has 1 aliphatic rings. The molecule has 0 spiro atoms. The van der Waals surface area contributed by atoms with Crippen LogP contribution in [0.1, 0.15) is 29.7 Å². The first kappa shape index (κ1) is 30.9. The van der Waals surface area contributed by atoms with Crippen molar-refractivity contribution in [2.24, 2.45) is 4.99 Å². The third-order valence-electron chi connectivity index (χ3n) is 7.52. The number of fused-ring (bicyclic) bond motifs is 1. The van der Waals surface area contributed by atoms with Crippen molar-refractivity contribution in [3.8, 4) is 17.2 Å². The molecule has 0 bridgehead atoms. The van der Waals surface area contributed by atoms with Gasteiger partial charge in [0.2, 0.25) is 0 Å². The molecule has 5 aromatic rings. The van der Waals surface area contributed by atoms with Crippen LogP contribution in [-0.2, 0) is 11.4 Å². The number of benzene rings is 4. The molecule has 1 aliphatic heterocycles. The van der Waals surface area contributed by atoms with Crippen molar-refractivity contribution in [2.45, 2.75) is 19.6 Å². The number of allylic oxidation sites excluding steroid dienone is 1. The Morgan fingerprint density at radius 1 is 0.978 bits per heavy atom. The Balaban J connectivity index is 1.46. The highest BCUT2D eigenvalue weighted by Crippen LogP contribution is 2.34. The zero-order valence-corrected chi connectivity index (χ0v) is 26.9. The lowest BCUT2D eigenvalue weighted by atomic mass is 9.95. The monoisotopic (exact) mass is 651 g/mol. The Kier molecular flexibility index (Phi) is 9.05. The lowest BCUT2D eigenvalue weighted by Crippen LogP contribution is -2.40. The van der Waals surface area contributed by atoms with Gasteiger partial charge in [-0.3, -0.25) is 14.2 Å². The van der Waals surface area contributed by atoms with E-state index in [4.69, 9.17) is 30.8 Å². The van der Waals surface area contributed by atoms with Crippen molar-refractivity contribution in [1.82, 2.24) is 4.57 Å². The molecule has 10 heteroatoms. The minimum atomic E-state index is -0.747. The molecule has 0 aliphatic carbocycles. The van der Waals surface area contributed by atoms with Crippen LogP contribution >= 0.6 is 22.9 Å². The van der Waals surface area contributed by atoms with Gasteiger partial charge in [-0.1, -0.05) is 77.5 Å². The summed E-state index contributed by atoms with van der Waals surface area (Å²) in [4.78, 5) is 33.3. The van der Waals surface area contributed by atoms with Crippen LogP contribution in [-0.4, -0.2) is 24.7 Å². The predicted molar refractivity (Wildman–Crippen MR) is 181 cm³/mol. The second kappa shape index (κ2) is 13.5. The first-order valence-corrected chi connectivity index (χ1v) is 15.6. The molecule has 0 saturated heterocycles. The van der Waals surface area contributed by atoms with Crippen molar-refractivity contribution >= 4 is 40.6 Å². The predicted octanol–water partition coefficient (Wildman–Crippen LogP) is 6.12. The summed E-state index contributed by atoms with van der Waals surface area (Å²) in [7, 11) is 3.15. The topological polar surface area (TPSA) is 91.2 Å². The lowest BCUT2D eigenvalue weighted by Gasteiger charge is -2.25. The Bertz CT molecular complexity index is 2120. The number of hydrogen-bond donors (Lipinski definition) is 1. The van der Waals surface area contributed by atoms with Gasteiger partial charge >= 0.3 is 0 Å². The minimum absolute atomic E-state index is 0.272. The Morgan fingerprint density at radius 3 is 2.48 bits per heavy atom. The van der Waals surface area contributed by atoms with E-state index in [-0.39, 0.29) is 18.1 Å². The molecule has 4 aromatic carbocycles. The summed E-state index contributed by atoms with van der Waals surface area (Å²) in [5, 5.41) is 3.61. The van der Waals surface area contributed by atoms with Gasteiger partial charge in [-0.15, -0.1) is 0 Å². The summed E-state index contributed by atoms with van der Waals surface area (Å²) in [6.45, 7) is 2.06. The number of aromatic nitrogens is 1. The fourth-order valence-electron chi connectivity index (χ4n) is 5.30. The standard InChI is InChI=1S/C36H30ClN3O5S/c1-22-31(34(41)39-27-11-5-4-6-12-27)32(24-9-7-13-28(19-24)43-2)40-35(42)30(46-36(40)38-22)20-25-10-8-14-29(44-3)33(25)45-21-23-15-17-26(37)18-16-23/h4-20,32H,21H2,1-3H3,(H,39,41)/b30-20-/t32-/m0/s1. The summed E-state index contributed by atoms with van der Waals surface area (Å²) in [6.07, 6.45) is 1.77. The number of halogens is 1. The Hall–Kier alpha value is -5.12. The highest BCUT2D eigenvalue weighted by atomic mass is 35.5. The average Bonchev–Trinajstić information content (AvgIpc) is 3.38. The molecular weight excluding hydrogens is 622 g/mol. The molecule has 46 heavy (non-hydrogen) atoms. The minimum Gasteiger partial charge on any atom is -0.497 e. The summed E-state index contributed by atoms with van der Waals surface area (Å²) >= 11 is 7.30. The summed E-state index contributed by atoms with van der Waals surface area (Å²) in [5.41, 5.74) is 3.53. The van der Waals surface area contributed by atoms with Gasteiger partial charge in [-0.2, -0.15) is 0 Å². The smallest absolute Gasteiger partial charge is 0.271 e. The van der Waals surface area contributed by atoms with Crippen LogP contribution in [0.15, 0.2) is 118 Å². The maximum absolute atomic E-state index is 14.3. The second-order valence-corrected chi connectivity index (χ2v) is 11.9. The number of carbonyl (C=O) groups is 1. The summed E-state index contributed by atoms with van der Waals surface area (Å²) < 4.78 is 19.4. The number of methoxy groups -OCH3 is 2. The van der Waals surface area contributed by atoms with E-state index in [1.54, 1.807) is 50.0 Å². The number of thiazole rings is 1. The molecular formula is C36H30ClN3O5S. The highest BCUT2D eigenvalue weighted by molar-refractivity contribution is 7.07. The van der Waals surface area contributed by atoms with Gasteiger partial charge in [0, 0.05) is 16.3 Å². The van der Waals surface area contributed by atoms with Gasteiger partial charge in [-0.05, 0) is 66.6 Å². The zero-order valence-electron chi connectivity index (χ0n) is 25.3. The third-order valence-corrected chi connectivity index (χ3v) is 8.75. The summed E-state index contributed by atoms with van der Waals surface area (Å²) in [6, 6.07) is 28.7. The van der Waals surface area contributed by atoms with E-state index < -0.39 is 6.04 Å². The molecule has 1 N–H and O–H groups in total. The molecule has 8 nitrogen and oxygen atoms in total. The maximum atomic E-state index is 14.3. The number of para-hydroxylation sites is 2. The number of rotatable bonds is 9. The number of carbonyl (C=O) groups excluding carboxylic acids is 1. The van der Waals surface area contributed by atoms with E-state index in [1.807, 2.05) is 78.9 Å². The van der Waals surface area contributed by atoms with Crippen molar-refractivity contribution < 1.29 is 19.0 Å². The Labute approximate surface area is 274 Å². The maximum Gasteiger partial charge on any atom is 0.271 e. The van der Waals surface area contributed by atoms with Crippen molar-refractivity contribution in [3.05, 3.63) is 150 Å². The van der Waals surface area contributed by atoms with E-state index in [0.717, 1.165) is 5.56 Å². The zero-order chi connectivity index (χ0) is 32.2. The normalized spacial score (nSPS) is 14.3. The second-order valence-electron chi connectivity index (χ2n) is 10.5. The SMILES string of the molecule is COc1cccc([C@H]2C(C(=O)Nc3ccccc3)=C(C)N=c3s/c(=C\c4cccc(OC)c4OCc4ccc(Cl)cc4)c(=O)n32)c1. The van der Waals surface area contributed by atoms with Crippen LogP contribution in [0.25, 0.3) is 6.08 Å². The van der Waals surface area contributed by atoms with E-state index in [9.17, 15) is 9.59 Å². The van der Waals surface area contributed by atoms with Gasteiger partial charge in [-0.25, -0.2) is 4.99 Å². The van der Waals surface area contributed by atoms with E-state index in [2.05, 4.69) is 5.32 Å². The highest BCUT2D eigenvalue weighted by Gasteiger charge is 2.33. The van der Waals surface area contributed by atoms with Crippen molar-refractivity contribution in [3.63, 3.8) is 0 Å². The number of anilines is 1. The van der Waals surface area contributed by atoms with Crippen LogP contribution in [0.2, 0.25) is 5.02 Å². The molecule has 0 radical (unpaired) electrons. The van der Waals surface area contributed by atoms with Crippen LogP contribution < -0.4 is 34.4 Å². The van der Waals surface area contributed by atoms with Gasteiger partial charge in [0.25, 0.3) is 11.5 Å². The fourth-order valence-corrected chi connectivity index (χ4v) is 6.46. The fraction of sp³-hybridized carbons (Fsp3) is 0.139. The first-order chi connectivity index (χ1) is 22.4. The van der Waals surface area contributed by atoms with Crippen LogP contribution in [0.4, 0.5) is 5.69 Å². The lowest BCUT2D eigenvalue weighted by molar-refractivity contribution is -0.113. The molecule has 0 fully saturated rings. The van der Waals surface area contributed by atoms with Crippen LogP contribution in [0.3, 0.4) is 0 Å². The van der Waals surface area contributed by atoms with Crippen LogP contribution in [0.5, 0.6) is 17.2 Å². The number of ether oxygens (including phenoxy) is 3. The van der Waals surface area contributed by atoms with Gasteiger partial charge in [0.1, 0.15) is 12.4 Å². The molecule has 2 heterocycles. The quantitative estimate of drug-likeness (QED) is 0.207. The van der Waals surface area contributed by atoms with Gasteiger partial charge in [0.05, 0.1) is 36.1 Å². The molecule has 6 rings (SSSR count). The third kappa shape index (κ3) is 6.33. The van der Waals surface area contributed by atoms with Gasteiger partial charge < -0.3 is 19.5 Å². The van der Waals surface area contributed by atoms with E-state index in [0.29, 0.717) is 59.7 Å². The number of hydrogen-bond acceptors (Lipinski definition) is 7. The molecule has 1 aromatic heterocycles. The molecule has 232 valence electrons. The number of nitrogens with zero attached hydrogens (tertiary/aromatic N) is 2. The van der Waals surface area contributed by atoms with Crippen LogP contribution in [0, 0.1) is 0 Å². The Morgan fingerprint density at radius 2 is 1.74 bits per heavy atom. The van der Waals surface area contributed by atoms with Gasteiger partial charge in [0.15, 0.2) is 16.3 Å². The van der Waals surface area contributed by atoms with Crippen molar-refractivity contribution in [2.75, 3.05) is 19.5 Å². The molecule has 1 atom stereocenters. The average molecular weight is 652 g/mol. The number of amides is 1. The largest absolute Gasteiger partial charge is 0.497 e. The molecule has 1 amide bonds. The van der Waals surface area contributed by atoms with E-state index in [1.165, 1.54) is 11.3 Å². The number of nitrogens with one attached hydrogen (secondary N) is 1. The van der Waals surface area contributed by atoms with E-state index >= 15 is 0 Å². The summed E-state index contributed by atoms with van der Waals surface area (Å²) in [5.74, 6) is 1.28.